The van der Waals surface area contributed by atoms with Crippen LogP contribution in [0.2, 0.25) is 0 Å². The van der Waals surface area contributed by atoms with Crippen molar-refractivity contribution in [1.29, 1.82) is 0 Å². The monoisotopic (exact) mass is 391 g/mol. The van der Waals surface area contributed by atoms with Crippen molar-refractivity contribution in [2.24, 2.45) is 5.73 Å². The van der Waals surface area contributed by atoms with Crippen molar-refractivity contribution in [2.45, 2.75) is 0 Å². The van der Waals surface area contributed by atoms with Gasteiger partial charge in [0.25, 0.3) is 11.5 Å². The number of pyridine rings is 2. The van der Waals surface area contributed by atoms with Gasteiger partial charge in [-0.2, -0.15) is 0 Å². The summed E-state index contributed by atoms with van der Waals surface area (Å²) >= 11 is 0. The highest BCUT2D eigenvalue weighted by Crippen LogP contribution is 2.15. The number of rotatable bonds is 4. The lowest BCUT2D eigenvalue weighted by molar-refractivity contribution is 0.0303. The smallest absolute Gasteiger partial charge is 0.257 e. The third-order valence-electron chi connectivity index (χ3n) is 4.75. The molecule has 0 atom stereocenters. The van der Waals surface area contributed by atoms with Gasteiger partial charge in [0.15, 0.2) is 0 Å². The van der Waals surface area contributed by atoms with Gasteiger partial charge < -0.3 is 25.7 Å². The number of amides is 1. The minimum atomic E-state index is -0.285. The Morgan fingerprint density at radius 2 is 1.97 bits per heavy atom. The van der Waals surface area contributed by atoms with Gasteiger partial charge in [-0.3, -0.25) is 14.6 Å². The average Bonchev–Trinajstić information content (AvgIpc) is 2.77. The number of anilines is 1. The van der Waals surface area contributed by atoms with E-state index >= 15 is 0 Å². The van der Waals surface area contributed by atoms with Gasteiger partial charge in [-0.05, 0) is 42.5 Å². The van der Waals surface area contributed by atoms with E-state index in [1.807, 2.05) is 0 Å². The highest BCUT2D eigenvalue weighted by molar-refractivity contribution is 5.94. The molecule has 1 aliphatic rings. The number of fused-ring (bicyclic) bond motifs is 1. The number of carbonyl (C=O) groups excluding carboxylic acids is 1. The molecule has 0 spiro atoms. The van der Waals surface area contributed by atoms with E-state index in [4.69, 9.17) is 10.5 Å². The molecule has 0 unspecified atom stereocenters. The van der Waals surface area contributed by atoms with Gasteiger partial charge in [0, 0.05) is 36.7 Å². The van der Waals surface area contributed by atoms with E-state index in [1.54, 1.807) is 59.8 Å². The van der Waals surface area contributed by atoms with Crippen LogP contribution < -0.4 is 16.6 Å². The van der Waals surface area contributed by atoms with Crippen molar-refractivity contribution in [3.63, 3.8) is 0 Å². The van der Waals surface area contributed by atoms with Crippen molar-refractivity contribution in [3.8, 4) is 0 Å². The Morgan fingerprint density at radius 3 is 2.72 bits per heavy atom. The van der Waals surface area contributed by atoms with Crippen LogP contribution in [0.3, 0.4) is 0 Å². The maximum absolute atomic E-state index is 12.5. The van der Waals surface area contributed by atoms with Crippen LogP contribution in [0.15, 0.2) is 59.7 Å². The highest BCUT2D eigenvalue weighted by atomic mass is 16.5. The number of hydrogen-bond acceptors (Lipinski definition) is 6. The summed E-state index contributed by atoms with van der Waals surface area (Å²) in [6.07, 6.45) is 3.21. The van der Waals surface area contributed by atoms with Gasteiger partial charge in [-0.25, -0.2) is 0 Å². The first-order chi connectivity index (χ1) is 14.1. The Bertz CT molecular complexity index is 1120. The van der Waals surface area contributed by atoms with Crippen LogP contribution in [0, 0.1) is 0 Å². The summed E-state index contributed by atoms with van der Waals surface area (Å²) in [5.74, 6) is -0.00916. The van der Waals surface area contributed by atoms with Gasteiger partial charge in [0.2, 0.25) is 0 Å². The van der Waals surface area contributed by atoms with Crippen molar-refractivity contribution in [1.82, 2.24) is 14.9 Å². The van der Waals surface area contributed by atoms with Gasteiger partial charge >= 0.3 is 0 Å². The molecule has 0 aliphatic carbocycles. The molecule has 1 aliphatic heterocycles. The number of aromatic amines is 1. The van der Waals surface area contributed by atoms with Gasteiger partial charge in [-0.1, -0.05) is 0 Å². The standard InChI is InChI=1S/C21H21N5O3/c22-17(16-12-19-18(25-20(16)27)2-1-7-23-19)13-24-15-5-3-14(4-6-15)21(28)26-8-10-29-11-9-26/h1-7,12-13,24H,8-11,22H2,(H,25,27)/b17-13-. The van der Waals surface area contributed by atoms with Crippen molar-refractivity contribution < 1.29 is 9.53 Å². The fraction of sp³-hybridized carbons (Fsp3) is 0.190. The molecular formula is C21H21N5O3. The van der Waals surface area contributed by atoms with E-state index in [0.717, 1.165) is 5.69 Å². The predicted molar refractivity (Wildman–Crippen MR) is 111 cm³/mol. The van der Waals surface area contributed by atoms with Crippen LogP contribution in [0.1, 0.15) is 15.9 Å². The Morgan fingerprint density at radius 1 is 1.21 bits per heavy atom. The van der Waals surface area contributed by atoms with E-state index in [0.29, 0.717) is 48.5 Å². The molecule has 8 nitrogen and oxygen atoms in total. The number of nitrogens with two attached hydrogens (primary N) is 1. The second-order valence-electron chi connectivity index (χ2n) is 6.67. The van der Waals surface area contributed by atoms with E-state index in [2.05, 4.69) is 15.3 Å². The quantitative estimate of drug-likeness (QED) is 0.625. The van der Waals surface area contributed by atoms with Gasteiger partial charge in [-0.15, -0.1) is 0 Å². The maximum Gasteiger partial charge on any atom is 0.257 e. The SMILES string of the molecule is N/C(=C\Nc1ccc(C(=O)N2CCOCC2)cc1)c1cc2ncccc2[nH]c1=O. The second-order valence-corrected chi connectivity index (χ2v) is 6.67. The molecule has 1 aromatic carbocycles. The highest BCUT2D eigenvalue weighted by Gasteiger charge is 2.18. The fourth-order valence-corrected chi connectivity index (χ4v) is 3.14. The first-order valence-corrected chi connectivity index (χ1v) is 9.29. The van der Waals surface area contributed by atoms with E-state index in [9.17, 15) is 9.59 Å². The molecule has 0 saturated carbocycles. The Balaban J connectivity index is 1.48. The molecule has 0 radical (unpaired) electrons. The maximum atomic E-state index is 12.5. The molecule has 1 amide bonds. The van der Waals surface area contributed by atoms with E-state index in [-0.39, 0.29) is 17.2 Å². The zero-order valence-corrected chi connectivity index (χ0v) is 15.7. The lowest BCUT2D eigenvalue weighted by Crippen LogP contribution is -2.40. The van der Waals surface area contributed by atoms with Crippen LogP contribution in [0.25, 0.3) is 16.7 Å². The van der Waals surface area contributed by atoms with E-state index in [1.165, 1.54) is 0 Å². The first-order valence-electron chi connectivity index (χ1n) is 9.29. The lowest BCUT2D eigenvalue weighted by atomic mass is 10.1. The number of morpholine rings is 1. The average molecular weight is 391 g/mol. The number of nitrogens with zero attached hydrogens (tertiary/aromatic N) is 2. The lowest BCUT2D eigenvalue weighted by Gasteiger charge is -2.26. The Kier molecular flexibility index (Phi) is 5.26. The van der Waals surface area contributed by atoms with Crippen LogP contribution in [-0.2, 0) is 4.74 Å². The van der Waals surface area contributed by atoms with Gasteiger partial charge in [0.1, 0.15) is 0 Å². The van der Waals surface area contributed by atoms with Crippen LogP contribution in [0.4, 0.5) is 5.69 Å². The Hall–Kier alpha value is -3.65. The van der Waals surface area contributed by atoms with Crippen molar-refractivity contribution in [2.75, 3.05) is 31.6 Å². The molecule has 4 N–H and O–H groups in total. The van der Waals surface area contributed by atoms with Crippen LogP contribution in [0.5, 0.6) is 0 Å². The predicted octanol–water partition coefficient (Wildman–Crippen LogP) is 1.76. The third-order valence-corrected chi connectivity index (χ3v) is 4.75. The number of hydrogen-bond donors (Lipinski definition) is 3. The molecular weight excluding hydrogens is 370 g/mol. The number of benzene rings is 1. The number of H-pyrrole nitrogens is 1. The molecule has 4 rings (SSSR count). The second kappa shape index (κ2) is 8.15. The number of aromatic nitrogens is 2. The normalized spacial score (nSPS) is 14.8. The minimum absolute atomic E-state index is 0.00916. The summed E-state index contributed by atoms with van der Waals surface area (Å²) in [5.41, 5.74) is 9.11. The summed E-state index contributed by atoms with van der Waals surface area (Å²) in [4.78, 5) is 33.5. The first kappa shape index (κ1) is 18.7. The topological polar surface area (TPSA) is 113 Å². The summed E-state index contributed by atoms with van der Waals surface area (Å²) in [6.45, 7) is 2.35. The molecule has 3 heterocycles. The molecule has 148 valence electrons. The third kappa shape index (κ3) is 4.12. The van der Waals surface area contributed by atoms with Crippen LogP contribution >= 0.6 is 0 Å². The fourth-order valence-electron chi connectivity index (χ4n) is 3.14. The molecule has 1 fully saturated rings. The number of carbonyl (C=O) groups is 1. The summed E-state index contributed by atoms with van der Waals surface area (Å²) in [7, 11) is 0. The molecule has 1 saturated heterocycles. The van der Waals surface area contributed by atoms with E-state index < -0.39 is 0 Å². The Labute approximate surface area is 167 Å². The number of nitrogens with one attached hydrogen (secondary N) is 2. The largest absolute Gasteiger partial charge is 0.397 e. The number of ether oxygens (including phenoxy) is 1. The van der Waals surface area contributed by atoms with Crippen LogP contribution in [-0.4, -0.2) is 47.1 Å². The zero-order chi connectivity index (χ0) is 20.2. The summed E-state index contributed by atoms with van der Waals surface area (Å²) < 4.78 is 5.28. The molecule has 2 aromatic heterocycles. The molecule has 0 bridgehead atoms. The molecule has 8 heteroatoms. The minimum Gasteiger partial charge on any atom is -0.397 e. The summed E-state index contributed by atoms with van der Waals surface area (Å²) in [5, 5.41) is 3.06. The molecule has 3 aromatic rings. The van der Waals surface area contributed by atoms with Gasteiger partial charge in [0.05, 0.1) is 35.5 Å². The zero-order valence-electron chi connectivity index (χ0n) is 15.7. The van der Waals surface area contributed by atoms with Crippen molar-refractivity contribution >= 4 is 28.3 Å². The molecule has 29 heavy (non-hydrogen) atoms. The van der Waals surface area contributed by atoms with Crippen molar-refractivity contribution in [3.05, 3.63) is 76.3 Å². The summed E-state index contributed by atoms with van der Waals surface area (Å²) in [6, 6.07) is 12.3.